The fraction of sp³-hybridized carbons (Fsp3) is 0.407. The third-order valence-electron chi connectivity index (χ3n) is 7.89. The van der Waals surface area contributed by atoms with Crippen LogP contribution >= 0.6 is 11.6 Å². The minimum atomic E-state index is -0.314. The fourth-order valence-electron chi connectivity index (χ4n) is 5.80. The molecule has 4 atom stereocenters. The number of imidazole rings is 1. The van der Waals surface area contributed by atoms with Gasteiger partial charge in [-0.05, 0) is 37.4 Å². The number of fused-ring (bicyclic) bond motifs is 3. The minimum absolute atomic E-state index is 0.0163. The van der Waals surface area contributed by atoms with E-state index in [9.17, 15) is 9.59 Å². The van der Waals surface area contributed by atoms with Crippen LogP contribution in [0, 0.1) is 17.8 Å². The predicted octanol–water partition coefficient (Wildman–Crippen LogP) is 2.52. The Kier molecular flexibility index (Phi) is 6.45. The van der Waals surface area contributed by atoms with Gasteiger partial charge < -0.3 is 30.6 Å². The SMILES string of the molecule is CN1CCN(C(=O)COc2cccc(-c3nc4c(N[C@H]5[C@@H](C(N)=O)[C@@H]6C=C[C@H]5C6)c(Cl)cnc4[nH]3)c2)CC1. The molecule has 2 fully saturated rings. The number of anilines is 1. The van der Waals surface area contributed by atoms with E-state index in [1.807, 2.05) is 29.2 Å². The number of carbonyl (C=O) groups excluding carboxylic acids is 2. The first kappa shape index (κ1) is 24.7. The molecule has 1 aliphatic heterocycles. The van der Waals surface area contributed by atoms with Gasteiger partial charge in [0, 0.05) is 37.8 Å². The molecule has 1 saturated heterocycles. The van der Waals surface area contributed by atoms with Gasteiger partial charge in [0.05, 0.1) is 22.8 Å². The van der Waals surface area contributed by atoms with Crippen molar-refractivity contribution in [2.75, 3.05) is 45.2 Å². The van der Waals surface area contributed by atoms with E-state index >= 15 is 0 Å². The maximum absolute atomic E-state index is 12.6. The summed E-state index contributed by atoms with van der Waals surface area (Å²) in [6, 6.07) is 7.27. The highest BCUT2D eigenvalue weighted by atomic mass is 35.5. The summed E-state index contributed by atoms with van der Waals surface area (Å²) in [5.74, 6) is 0.883. The lowest BCUT2D eigenvalue weighted by molar-refractivity contribution is -0.135. The number of aromatic nitrogens is 3. The van der Waals surface area contributed by atoms with Gasteiger partial charge in [-0.2, -0.15) is 0 Å². The van der Waals surface area contributed by atoms with Crippen molar-refractivity contribution >= 4 is 40.3 Å². The van der Waals surface area contributed by atoms with Crippen molar-refractivity contribution in [1.82, 2.24) is 24.8 Å². The number of pyridine rings is 1. The molecular weight excluding hydrogens is 506 g/mol. The summed E-state index contributed by atoms with van der Waals surface area (Å²) in [5.41, 5.74) is 8.31. The van der Waals surface area contributed by atoms with Crippen LogP contribution in [0.25, 0.3) is 22.6 Å². The number of aromatic amines is 1. The Morgan fingerprint density at radius 3 is 2.79 bits per heavy atom. The van der Waals surface area contributed by atoms with Crippen LogP contribution in [0.2, 0.25) is 5.02 Å². The summed E-state index contributed by atoms with van der Waals surface area (Å²) in [4.78, 5) is 41.3. The lowest BCUT2D eigenvalue weighted by Crippen LogP contribution is -2.48. The van der Waals surface area contributed by atoms with Crippen molar-refractivity contribution in [3.05, 3.63) is 47.6 Å². The third-order valence-corrected chi connectivity index (χ3v) is 8.18. The molecule has 2 aromatic heterocycles. The van der Waals surface area contributed by atoms with Crippen molar-refractivity contribution in [2.24, 2.45) is 23.5 Å². The zero-order valence-corrected chi connectivity index (χ0v) is 21.8. The number of carbonyl (C=O) groups is 2. The lowest BCUT2D eigenvalue weighted by atomic mass is 9.88. The monoisotopic (exact) mass is 535 g/mol. The Labute approximate surface area is 225 Å². The van der Waals surface area contributed by atoms with Crippen LogP contribution < -0.4 is 15.8 Å². The van der Waals surface area contributed by atoms with E-state index in [1.54, 1.807) is 6.20 Å². The number of halogens is 1. The summed E-state index contributed by atoms with van der Waals surface area (Å²) >= 11 is 6.56. The number of amides is 2. The second-order valence-electron chi connectivity index (χ2n) is 10.3. The zero-order chi connectivity index (χ0) is 26.4. The summed E-state index contributed by atoms with van der Waals surface area (Å²) in [5, 5.41) is 3.90. The average molecular weight is 536 g/mol. The first-order chi connectivity index (χ1) is 18.4. The van der Waals surface area contributed by atoms with Gasteiger partial charge in [-0.25, -0.2) is 9.97 Å². The highest BCUT2D eigenvalue weighted by Gasteiger charge is 2.47. The van der Waals surface area contributed by atoms with E-state index in [2.05, 4.69) is 39.4 Å². The average Bonchev–Trinajstić information content (AvgIpc) is 3.64. The van der Waals surface area contributed by atoms with Crippen LogP contribution in [0.1, 0.15) is 6.42 Å². The molecule has 6 rings (SSSR count). The Balaban J connectivity index is 1.21. The number of rotatable bonds is 7. The molecule has 1 aromatic carbocycles. The molecule has 0 spiro atoms. The second kappa shape index (κ2) is 9.92. The van der Waals surface area contributed by atoms with Gasteiger partial charge >= 0.3 is 0 Å². The fourth-order valence-corrected chi connectivity index (χ4v) is 6.00. The molecule has 1 saturated carbocycles. The number of hydrogen-bond acceptors (Lipinski definition) is 7. The molecule has 3 aliphatic rings. The number of allylic oxidation sites excluding steroid dienone is 1. The van der Waals surface area contributed by atoms with E-state index in [4.69, 9.17) is 27.1 Å². The second-order valence-corrected chi connectivity index (χ2v) is 10.7. The normalized spacial score (nSPS) is 24.7. The number of piperazine rings is 1. The number of primary amides is 1. The Morgan fingerprint density at radius 1 is 1.21 bits per heavy atom. The number of ether oxygens (including phenoxy) is 1. The lowest BCUT2D eigenvalue weighted by Gasteiger charge is -2.32. The number of likely N-dealkylation sites (N-methyl/N-ethyl adjacent to an activating group) is 1. The maximum atomic E-state index is 12.6. The minimum Gasteiger partial charge on any atom is -0.484 e. The van der Waals surface area contributed by atoms with E-state index in [0.717, 1.165) is 25.1 Å². The highest BCUT2D eigenvalue weighted by Crippen LogP contribution is 2.46. The molecule has 3 aromatic rings. The van der Waals surface area contributed by atoms with Gasteiger partial charge in [0.1, 0.15) is 17.1 Å². The number of H-pyrrole nitrogens is 1. The molecule has 38 heavy (non-hydrogen) atoms. The molecule has 198 valence electrons. The molecule has 2 aliphatic carbocycles. The number of nitrogens with two attached hydrogens (primary N) is 1. The molecule has 3 heterocycles. The molecule has 0 unspecified atom stereocenters. The summed E-state index contributed by atoms with van der Waals surface area (Å²) in [7, 11) is 2.05. The molecule has 2 bridgehead atoms. The van der Waals surface area contributed by atoms with E-state index in [-0.39, 0.29) is 42.2 Å². The number of benzene rings is 1. The van der Waals surface area contributed by atoms with Crippen LogP contribution in [0.15, 0.2) is 42.6 Å². The van der Waals surface area contributed by atoms with Crippen LogP contribution in [0.3, 0.4) is 0 Å². The standard InChI is InChI=1S/C27H30ClN7O3/c1-34-7-9-35(10-8-34)20(36)14-38-18-4-2-3-17(12-18)26-32-24-23(19(28)13-30-27(24)33-26)31-22-16-6-5-15(11-16)21(22)25(29)37/h2-6,12-13,15-16,21-22H,7-11,14H2,1H3,(H2,29,37)(H2,30,31,32,33)/t15-,16+,21+,22-/m1/s1. The van der Waals surface area contributed by atoms with Crippen molar-refractivity contribution in [2.45, 2.75) is 12.5 Å². The quantitative estimate of drug-likeness (QED) is 0.396. The number of nitrogens with zero attached hydrogens (tertiary/aromatic N) is 4. The van der Waals surface area contributed by atoms with Crippen LogP contribution in [-0.2, 0) is 9.59 Å². The van der Waals surface area contributed by atoms with E-state index < -0.39 is 0 Å². The smallest absolute Gasteiger partial charge is 0.260 e. The zero-order valence-electron chi connectivity index (χ0n) is 21.1. The molecule has 11 heteroatoms. The van der Waals surface area contributed by atoms with Crippen molar-refractivity contribution in [3.8, 4) is 17.1 Å². The molecular formula is C27H30ClN7O3. The van der Waals surface area contributed by atoms with Crippen LogP contribution in [0.4, 0.5) is 5.69 Å². The Bertz CT molecular complexity index is 1410. The summed E-state index contributed by atoms with van der Waals surface area (Å²) < 4.78 is 5.83. The topological polar surface area (TPSA) is 129 Å². The number of nitrogens with one attached hydrogen (secondary N) is 2. The van der Waals surface area contributed by atoms with E-state index in [0.29, 0.717) is 46.5 Å². The van der Waals surface area contributed by atoms with Gasteiger partial charge in [0.2, 0.25) is 5.91 Å². The Hall–Kier alpha value is -3.63. The maximum Gasteiger partial charge on any atom is 0.260 e. The predicted molar refractivity (Wildman–Crippen MR) is 145 cm³/mol. The third kappa shape index (κ3) is 4.58. The van der Waals surface area contributed by atoms with Crippen LogP contribution in [-0.4, -0.2) is 82.4 Å². The van der Waals surface area contributed by atoms with E-state index in [1.165, 1.54) is 0 Å². The molecule has 2 amide bonds. The van der Waals surface area contributed by atoms with Gasteiger partial charge in [-0.3, -0.25) is 9.59 Å². The van der Waals surface area contributed by atoms with Gasteiger partial charge in [-0.1, -0.05) is 35.9 Å². The molecule has 10 nitrogen and oxygen atoms in total. The van der Waals surface area contributed by atoms with Gasteiger partial charge in [0.25, 0.3) is 5.91 Å². The van der Waals surface area contributed by atoms with Gasteiger partial charge in [-0.15, -0.1) is 0 Å². The van der Waals surface area contributed by atoms with Gasteiger partial charge in [0.15, 0.2) is 12.3 Å². The van der Waals surface area contributed by atoms with Crippen molar-refractivity contribution < 1.29 is 14.3 Å². The highest BCUT2D eigenvalue weighted by molar-refractivity contribution is 6.34. The van der Waals surface area contributed by atoms with Crippen molar-refractivity contribution in [3.63, 3.8) is 0 Å². The van der Waals surface area contributed by atoms with Crippen LogP contribution in [0.5, 0.6) is 5.75 Å². The van der Waals surface area contributed by atoms with Crippen molar-refractivity contribution in [1.29, 1.82) is 0 Å². The summed E-state index contributed by atoms with van der Waals surface area (Å²) in [6.07, 6.45) is 6.69. The molecule has 4 N–H and O–H groups in total. The summed E-state index contributed by atoms with van der Waals surface area (Å²) in [6.45, 7) is 3.14. The Morgan fingerprint density at radius 2 is 2.00 bits per heavy atom. The first-order valence-corrected chi connectivity index (χ1v) is 13.2. The largest absolute Gasteiger partial charge is 0.484 e. The number of hydrogen-bond donors (Lipinski definition) is 3. The first-order valence-electron chi connectivity index (χ1n) is 12.9. The molecule has 0 radical (unpaired) electrons.